The van der Waals surface area contributed by atoms with E-state index in [0.29, 0.717) is 48.2 Å². The average molecular weight is 669 g/mol. The van der Waals surface area contributed by atoms with Gasteiger partial charge in [0.2, 0.25) is 11.4 Å². The fraction of sp³-hybridized carbons (Fsp3) is 0.528. The summed E-state index contributed by atoms with van der Waals surface area (Å²) < 4.78 is 14.6. The Morgan fingerprint density at radius 2 is 1.68 bits per heavy atom. The second-order valence-electron chi connectivity index (χ2n) is 12.0. The zero-order chi connectivity index (χ0) is 34.6. The van der Waals surface area contributed by atoms with Gasteiger partial charge in [-0.25, -0.2) is 4.79 Å². The van der Waals surface area contributed by atoms with Gasteiger partial charge >= 0.3 is 5.97 Å². The molecule has 3 atom stereocenters. The SMILES string of the molecule is CCCC(CC)O[N+]1=C(C)C(=PO)C(OC(CC)CCC)(c2cccc([N+](=O)[O-])c2)C(C(=O)OCCN(C)Cc2ccccc2)=C1C. The van der Waals surface area contributed by atoms with Gasteiger partial charge in [-0.2, -0.15) is 0 Å². The monoisotopic (exact) mass is 668 g/mol. The Bertz CT molecular complexity index is 1460. The number of hydrogen-bond acceptors (Lipinski definition) is 8. The predicted octanol–water partition coefficient (Wildman–Crippen LogP) is 7.36. The third-order valence-electron chi connectivity index (χ3n) is 8.50. The fourth-order valence-corrected chi connectivity index (χ4v) is 6.70. The van der Waals surface area contributed by atoms with Crippen LogP contribution in [0.5, 0.6) is 0 Å². The molecule has 1 aliphatic rings. The highest BCUT2D eigenvalue weighted by molar-refractivity contribution is 7.38. The van der Waals surface area contributed by atoms with Crippen LogP contribution in [-0.2, 0) is 31.3 Å². The van der Waals surface area contributed by atoms with Crippen molar-refractivity contribution in [3.63, 3.8) is 0 Å². The van der Waals surface area contributed by atoms with Crippen LogP contribution in [0, 0.1) is 10.1 Å². The van der Waals surface area contributed by atoms with Gasteiger partial charge in [-0.05, 0) is 38.3 Å². The van der Waals surface area contributed by atoms with Crippen molar-refractivity contribution in [2.45, 2.75) is 104 Å². The van der Waals surface area contributed by atoms with Gasteiger partial charge in [0.05, 0.1) is 19.5 Å². The minimum atomic E-state index is -1.67. The van der Waals surface area contributed by atoms with Crippen molar-refractivity contribution in [3.8, 4) is 0 Å². The van der Waals surface area contributed by atoms with Crippen molar-refractivity contribution in [1.29, 1.82) is 0 Å². The van der Waals surface area contributed by atoms with Gasteiger partial charge in [0.25, 0.3) is 5.69 Å². The molecule has 1 aliphatic heterocycles. The van der Waals surface area contributed by atoms with E-state index in [-0.39, 0.29) is 38.5 Å². The smallest absolute Gasteiger partial charge is 0.344 e. The highest BCUT2D eigenvalue weighted by Crippen LogP contribution is 2.45. The summed E-state index contributed by atoms with van der Waals surface area (Å²) in [5.74, 6) is -0.640. The Hall–Kier alpha value is -3.43. The molecular weight excluding hydrogens is 617 g/mol. The first kappa shape index (κ1) is 38.0. The maximum Gasteiger partial charge on any atom is 0.344 e. The zero-order valence-corrected chi connectivity index (χ0v) is 29.8. The third-order valence-corrected chi connectivity index (χ3v) is 9.34. The van der Waals surface area contributed by atoms with Gasteiger partial charge in [0, 0.05) is 49.4 Å². The minimum Gasteiger partial charge on any atom is -0.461 e. The molecule has 0 spiro atoms. The van der Waals surface area contributed by atoms with Crippen molar-refractivity contribution in [2.24, 2.45) is 0 Å². The first-order valence-corrected chi connectivity index (χ1v) is 17.5. The van der Waals surface area contributed by atoms with Gasteiger partial charge in [-0.1, -0.05) is 83.0 Å². The molecular formula is C36H51N3O7P+. The van der Waals surface area contributed by atoms with Crippen LogP contribution in [-0.4, -0.2) is 68.8 Å². The Morgan fingerprint density at radius 3 is 2.28 bits per heavy atom. The number of allylic oxidation sites excluding steroid dienone is 1. The van der Waals surface area contributed by atoms with E-state index in [2.05, 4.69) is 18.7 Å². The van der Waals surface area contributed by atoms with E-state index in [1.165, 1.54) is 12.1 Å². The van der Waals surface area contributed by atoms with E-state index in [1.54, 1.807) is 23.8 Å². The quantitative estimate of drug-likeness (QED) is 0.0577. The lowest BCUT2D eigenvalue weighted by Gasteiger charge is -2.40. The number of non-ortho nitro benzene ring substituents is 1. The number of hydrogen-bond donors (Lipinski definition) is 1. The van der Waals surface area contributed by atoms with E-state index in [4.69, 9.17) is 14.3 Å². The molecule has 1 N–H and O–H groups in total. The van der Waals surface area contributed by atoms with Gasteiger partial charge < -0.3 is 14.4 Å². The zero-order valence-electron chi connectivity index (χ0n) is 28.9. The lowest BCUT2D eigenvalue weighted by atomic mass is 9.78. The van der Waals surface area contributed by atoms with Crippen molar-refractivity contribution >= 4 is 31.1 Å². The van der Waals surface area contributed by atoms with Crippen LogP contribution in [0.4, 0.5) is 5.69 Å². The van der Waals surface area contributed by atoms with Gasteiger partial charge in [-0.15, -0.1) is 0 Å². The second-order valence-corrected chi connectivity index (χ2v) is 12.6. The molecule has 0 saturated heterocycles. The molecule has 0 bridgehead atoms. The molecule has 0 saturated carbocycles. The Balaban J connectivity index is 2.21. The van der Waals surface area contributed by atoms with Crippen LogP contribution in [0.25, 0.3) is 0 Å². The van der Waals surface area contributed by atoms with Gasteiger partial charge in [-0.3, -0.25) is 19.9 Å². The second kappa shape index (κ2) is 18.2. The normalized spacial score (nSPS) is 18.9. The molecule has 0 aromatic heterocycles. The summed E-state index contributed by atoms with van der Waals surface area (Å²) >= 11 is 0. The van der Waals surface area contributed by atoms with Crippen LogP contribution >= 0.6 is 8.43 Å². The number of rotatable bonds is 18. The summed E-state index contributed by atoms with van der Waals surface area (Å²) in [7, 11) is 1.79. The molecule has 47 heavy (non-hydrogen) atoms. The molecule has 3 rings (SSSR count). The largest absolute Gasteiger partial charge is 0.461 e. The molecule has 10 nitrogen and oxygen atoms in total. The Kier molecular flexibility index (Phi) is 14.7. The van der Waals surface area contributed by atoms with Crippen molar-refractivity contribution in [1.82, 2.24) is 4.90 Å². The highest BCUT2D eigenvalue weighted by atomic mass is 31.1. The minimum absolute atomic E-state index is 0.0965. The number of benzene rings is 2. The summed E-state index contributed by atoms with van der Waals surface area (Å²) in [5.41, 5.74) is 0.816. The van der Waals surface area contributed by atoms with Crippen molar-refractivity contribution < 1.29 is 33.7 Å². The summed E-state index contributed by atoms with van der Waals surface area (Å²) in [5, 5.41) is 12.3. The summed E-state index contributed by atoms with van der Waals surface area (Å²) in [6.45, 7) is 13.0. The average Bonchev–Trinajstić information content (AvgIpc) is 3.06. The van der Waals surface area contributed by atoms with E-state index in [9.17, 15) is 19.8 Å². The Morgan fingerprint density at radius 1 is 1.02 bits per heavy atom. The fourth-order valence-electron chi connectivity index (χ4n) is 6.03. The van der Waals surface area contributed by atoms with E-state index in [1.807, 2.05) is 58.2 Å². The molecule has 3 unspecified atom stereocenters. The van der Waals surface area contributed by atoms with E-state index in [0.717, 1.165) is 31.2 Å². The summed E-state index contributed by atoms with van der Waals surface area (Å²) in [6.07, 6.45) is 4.11. The summed E-state index contributed by atoms with van der Waals surface area (Å²) in [4.78, 5) is 45.7. The number of hydroxylamine groups is 1. The third kappa shape index (κ3) is 9.14. The molecule has 0 aliphatic carbocycles. The number of nitro groups is 1. The maximum absolute atomic E-state index is 14.5. The number of carbonyl (C=O) groups excluding carboxylic acids is 1. The highest BCUT2D eigenvalue weighted by Gasteiger charge is 2.57. The number of likely N-dealkylation sites (N-methyl/N-ethyl adjacent to an activating group) is 1. The molecule has 0 amide bonds. The van der Waals surface area contributed by atoms with E-state index < -0.39 is 16.5 Å². The number of esters is 1. The van der Waals surface area contributed by atoms with Gasteiger partial charge in [0.15, 0.2) is 11.7 Å². The van der Waals surface area contributed by atoms with Crippen LogP contribution in [0.3, 0.4) is 0 Å². The lowest BCUT2D eigenvalue weighted by Crippen LogP contribution is -2.53. The van der Waals surface area contributed by atoms with Crippen molar-refractivity contribution in [3.05, 3.63) is 87.1 Å². The summed E-state index contributed by atoms with van der Waals surface area (Å²) in [6, 6.07) is 16.2. The van der Waals surface area contributed by atoms with Crippen LogP contribution in [0.2, 0.25) is 0 Å². The lowest BCUT2D eigenvalue weighted by molar-refractivity contribution is -0.764. The molecule has 0 fully saturated rings. The molecule has 0 radical (unpaired) electrons. The molecule has 2 aromatic rings. The molecule has 2 aromatic carbocycles. The first-order chi connectivity index (χ1) is 22.6. The predicted molar refractivity (Wildman–Crippen MR) is 186 cm³/mol. The van der Waals surface area contributed by atoms with Crippen LogP contribution in [0.1, 0.15) is 91.2 Å². The first-order valence-electron chi connectivity index (χ1n) is 16.6. The van der Waals surface area contributed by atoms with E-state index >= 15 is 0 Å². The number of nitro benzene ring substituents is 1. The van der Waals surface area contributed by atoms with Crippen molar-refractivity contribution in [2.75, 3.05) is 20.2 Å². The van der Waals surface area contributed by atoms with Crippen LogP contribution < -0.4 is 0 Å². The number of ether oxygens (including phenoxy) is 2. The van der Waals surface area contributed by atoms with Gasteiger partial charge in [0.1, 0.15) is 17.5 Å². The number of nitrogens with zero attached hydrogens (tertiary/aromatic N) is 3. The maximum atomic E-state index is 14.5. The molecule has 11 heteroatoms. The topological polar surface area (TPSA) is 114 Å². The molecule has 256 valence electrons. The number of carbonyl (C=O) groups is 1. The molecule has 1 heterocycles. The van der Waals surface area contributed by atoms with Crippen LogP contribution in [0.15, 0.2) is 65.9 Å². The standard InChI is InChI=1S/C36H50N3O7P/c1-8-16-31(10-3)45-36(29-20-15-21-30(24-29)39(41)42)33(35(40)44-23-22-37(7)25-28-18-13-12-14-19-28)26(5)38(27(6)34(36)47-43)46-32(11-4)17-9-2/h12-15,18-21,24,31-32H,8-11,16-17,22-23,25H2,1-7H3/p+1. The Labute approximate surface area is 281 Å².